The average Bonchev–Trinajstić information content (AvgIpc) is 2.32. The van der Waals surface area contributed by atoms with Gasteiger partial charge in [0.15, 0.2) is 0 Å². The lowest BCUT2D eigenvalue weighted by Gasteiger charge is -2.16. The van der Waals surface area contributed by atoms with Gasteiger partial charge in [0, 0.05) is 13.1 Å². The third kappa shape index (κ3) is 4.82. The van der Waals surface area contributed by atoms with Crippen LogP contribution >= 0.6 is 23.2 Å². The first-order valence-corrected chi connectivity index (χ1v) is 6.37. The van der Waals surface area contributed by atoms with E-state index in [1.165, 1.54) is 0 Å². The Morgan fingerprint density at radius 2 is 2.11 bits per heavy atom. The lowest BCUT2D eigenvalue weighted by molar-refractivity contribution is -0.117. The lowest BCUT2D eigenvalue weighted by Crippen LogP contribution is -2.34. The first kappa shape index (κ1) is 15.2. The van der Waals surface area contributed by atoms with Crippen molar-refractivity contribution < 1.29 is 4.79 Å². The van der Waals surface area contributed by atoms with Gasteiger partial charge in [-0.25, -0.2) is 0 Å². The molecule has 0 aliphatic rings. The molecule has 0 atom stereocenters. The number of amides is 1. The maximum absolute atomic E-state index is 11.8. The summed E-state index contributed by atoms with van der Waals surface area (Å²) in [6.07, 6.45) is 0. The first-order chi connectivity index (χ1) is 8.54. The van der Waals surface area contributed by atoms with E-state index in [1.54, 1.807) is 18.2 Å². The van der Waals surface area contributed by atoms with Crippen molar-refractivity contribution in [1.29, 1.82) is 0 Å². The fourth-order valence-electron chi connectivity index (χ4n) is 1.42. The van der Waals surface area contributed by atoms with Crippen molar-refractivity contribution in [3.8, 4) is 0 Å². The quantitative estimate of drug-likeness (QED) is 0.843. The summed E-state index contributed by atoms with van der Waals surface area (Å²) in [5, 5.41) is 6.56. The predicted molar refractivity (Wildman–Crippen MR) is 76.5 cm³/mol. The molecule has 0 spiro atoms. The molecule has 2 N–H and O–H groups in total. The van der Waals surface area contributed by atoms with E-state index in [-0.39, 0.29) is 5.91 Å². The van der Waals surface area contributed by atoms with Gasteiger partial charge in [0.25, 0.3) is 0 Å². The van der Waals surface area contributed by atoms with Crippen molar-refractivity contribution in [1.82, 2.24) is 10.2 Å². The maximum atomic E-state index is 11.8. The number of rotatable bonds is 6. The second-order valence-electron chi connectivity index (χ2n) is 3.99. The van der Waals surface area contributed by atoms with Crippen LogP contribution in [0, 0.1) is 0 Å². The zero-order valence-electron chi connectivity index (χ0n) is 10.5. The monoisotopic (exact) mass is 289 g/mol. The molecule has 0 aliphatic carbocycles. The lowest BCUT2D eigenvalue weighted by atomic mass is 10.3. The van der Waals surface area contributed by atoms with E-state index in [1.807, 2.05) is 19.0 Å². The Labute approximate surface area is 117 Å². The van der Waals surface area contributed by atoms with Crippen molar-refractivity contribution in [3.63, 3.8) is 0 Å². The summed E-state index contributed by atoms with van der Waals surface area (Å²) in [5.74, 6) is -0.113. The minimum atomic E-state index is -0.113. The van der Waals surface area contributed by atoms with Gasteiger partial charge in [-0.15, -0.1) is 0 Å². The SMILES string of the molecule is CNCCN(C)CC(=O)Nc1cccc(Cl)c1Cl. The van der Waals surface area contributed by atoms with E-state index in [0.717, 1.165) is 13.1 Å². The Hall–Kier alpha value is -0.810. The molecule has 0 aliphatic heterocycles. The number of benzene rings is 1. The zero-order chi connectivity index (χ0) is 13.5. The number of likely N-dealkylation sites (N-methyl/N-ethyl adjacent to an activating group) is 2. The van der Waals surface area contributed by atoms with Gasteiger partial charge in [0.2, 0.25) is 5.91 Å². The number of halogens is 2. The Bertz CT molecular complexity index is 412. The average molecular weight is 290 g/mol. The predicted octanol–water partition coefficient (Wildman–Crippen LogP) is 2.08. The molecule has 100 valence electrons. The summed E-state index contributed by atoms with van der Waals surface area (Å²) in [6.45, 7) is 1.94. The molecular formula is C12H17Cl2N3O. The second-order valence-corrected chi connectivity index (χ2v) is 4.78. The third-order valence-corrected chi connectivity index (χ3v) is 3.20. The summed E-state index contributed by atoms with van der Waals surface area (Å²) >= 11 is 11.9. The number of carbonyl (C=O) groups excluding carboxylic acids is 1. The van der Waals surface area contributed by atoms with Crippen LogP contribution in [-0.2, 0) is 4.79 Å². The molecule has 0 heterocycles. The minimum absolute atomic E-state index is 0.113. The van der Waals surface area contributed by atoms with E-state index in [2.05, 4.69) is 10.6 Å². The van der Waals surface area contributed by atoms with Gasteiger partial charge in [-0.3, -0.25) is 9.69 Å². The Kier molecular flexibility index (Phi) is 6.43. The van der Waals surface area contributed by atoms with Gasteiger partial charge in [-0.05, 0) is 26.2 Å². The minimum Gasteiger partial charge on any atom is -0.324 e. The molecule has 0 radical (unpaired) electrons. The number of carbonyl (C=O) groups is 1. The molecule has 0 fully saturated rings. The van der Waals surface area contributed by atoms with Gasteiger partial charge in [-0.1, -0.05) is 29.3 Å². The number of nitrogens with one attached hydrogen (secondary N) is 2. The molecule has 1 amide bonds. The van der Waals surface area contributed by atoms with Crippen molar-refractivity contribution >= 4 is 34.8 Å². The van der Waals surface area contributed by atoms with Crippen LogP contribution in [0.5, 0.6) is 0 Å². The number of anilines is 1. The molecule has 1 rings (SSSR count). The second kappa shape index (κ2) is 7.59. The van der Waals surface area contributed by atoms with Crippen LogP contribution < -0.4 is 10.6 Å². The van der Waals surface area contributed by atoms with Crippen LogP contribution in [0.3, 0.4) is 0 Å². The Balaban J connectivity index is 2.52. The van der Waals surface area contributed by atoms with Crippen LogP contribution in [0.15, 0.2) is 18.2 Å². The van der Waals surface area contributed by atoms with E-state index >= 15 is 0 Å². The highest BCUT2D eigenvalue weighted by Gasteiger charge is 2.10. The highest BCUT2D eigenvalue weighted by Crippen LogP contribution is 2.29. The number of hydrogen-bond donors (Lipinski definition) is 2. The van der Waals surface area contributed by atoms with Gasteiger partial charge in [0.05, 0.1) is 22.3 Å². The fraction of sp³-hybridized carbons (Fsp3) is 0.417. The van der Waals surface area contributed by atoms with Gasteiger partial charge < -0.3 is 10.6 Å². The molecule has 0 saturated carbocycles. The standard InChI is InChI=1S/C12H17Cl2N3O/c1-15-6-7-17(2)8-11(18)16-10-5-3-4-9(13)12(10)14/h3-5,15H,6-8H2,1-2H3,(H,16,18). The van der Waals surface area contributed by atoms with Crippen LogP contribution in [0.4, 0.5) is 5.69 Å². The molecule has 1 aromatic rings. The van der Waals surface area contributed by atoms with Crippen LogP contribution in [0.25, 0.3) is 0 Å². The molecule has 0 aromatic heterocycles. The van der Waals surface area contributed by atoms with E-state index in [0.29, 0.717) is 22.3 Å². The third-order valence-electron chi connectivity index (χ3n) is 2.38. The Morgan fingerprint density at radius 1 is 1.39 bits per heavy atom. The molecule has 0 bridgehead atoms. The van der Waals surface area contributed by atoms with Crippen molar-refractivity contribution in [2.24, 2.45) is 0 Å². The molecule has 0 saturated heterocycles. The topological polar surface area (TPSA) is 44.4 Å². The first-order valence-electron chi connectivity index (χ1n) is 5.61. The van der Waals surface area contributed by atoms with Gasteiger partial charge in [0.1, 0.15) is 0 Å². The maximum Gasteiger partial charge on any atom is 0.238 e. The summed E-state index contributed by atoms with van der Waals surface area (Å²) in [7, 11) is 3.76. The van der Waals surface area contributed by atoms with Crippen LogP contribution in [-0.4, -0.2) is 44.5 Å². The van der Waals surface area contributed by atoms with Crippen LogP contribution in [0.1, 0.15) is 0 Å². The van der Waals surface area contributed by atoms with Crippen molar-refractivity contribution in [3.05, 3.63) is 28.2 Å². The summed E-state index contributed by atoms with van der Waals surface area (Å²) < 4.78 is 0. The van der Waals surface area contributed by atoms with Crippen molar-refractivity contribution in [2.75, 3.05) is 39.0 Å². The summed E-state index contributed by atoms with van der Waals surface area (Å²) in [6, 6.07) is 5.15. The van der Waals surface area contributed by atoms with E-state index < -0.39 is 0 Å². The van der Waals surface area contributed by atoms with E-state index in [9.17, 15) is 4.79 Å². The number of hydrogen-bond acceptors (Lipinski definition) is 3. The van der Waals surface area contributed by atoms with Crippen molar-refractivity contribution in [2.45, 2.75) is 0 Å². The van der Waals surface area contributed by atoms with Gasteiger partial charge >= 0.3 is 0 Å². The highest BCUT2D eigenvalue weighted by molar-refractivity contribution is 6.43. The molecule has 4 nitrogen and oxygen atoms in total. The largest absolute Gasteiger partial charge is 0.324 e. The molecule has 6 heteroatoms. The molecule has 0 unspecified atom stereocenters. The molecular weight excluding hydrogens is 273 g/mol. The number of nitrogens with zero attached hydrogens (tertiary/aromatic N) is 1. The molecule has 18 heavy (non-hydrogen) atoms. The normalized spacial score (nSPS) is 10.7. The summed E-state index contributed by atoms with van der Waals surface area (Å²) in [4.78, 5) is 13.7. The zero-order valence-corrected chi connectivity index (χ0v) is 12.0. The van der Waals surface area contributed by atoms with Crippen LogP contribution in [0.2, 0.25) is 10.0 Å². The smallest absolute Gasteiger partial charge is 0.238 e. The van der Waals surface area contributed by atoms with E-state index in [4.69, 9.17) is 23.2 Å². The molecule has 1 aromatic carbocycles. The van der Waals surface area contributed by atoms with Gasteiger partial charge in [-0.2, -0.15) is 0 Å². The summed E-state index contributed by atoms with van der Waals surface area (Å²) in [5.41, 5.74) is 0.538. The Morgan fingerprint density at radius 3 is 2.78 bits per heavy atom. The fourth-order valence-corrected chi connectivity index (χ4v) is 1.76. The highest BCUT2D eigenvalue weighted by atomic mass is 35.5.